The van der Waals surface area contributed by atoms with Gasteiger partial charge in [0.25, 0.3) is 11.8 Å². The molecule has 2 aliphatic heterocycles. The van der Waals surface area contributed by atoms with Crippen molar-refractivity contribution in [2.75, 3.05) is 56.9 Å². The van der Waals surface area contributed by atoms with Gasteiger partial charge in [0.2, 0.25) is 0 Å². The molecular formula is C42H47N7O3. The number of aromatic nitrogens is 1. The van der Waals surface area contributed by atoms with Crippen LogP contribution in [0.5, 0.6) is 0 Å². The van der Waals surface area contributed by atoms with E-state index in [1.807, 2.05) is 59.5 Å². The highest BCUT2D eigenvalue weighted by atomic mass is 16.2. The molecule has 2 aliphatic rings. The molecule has 0 unspecified atom stereocenters. The predicted molar refractivity (Wildman–Crippen MR) is 205 cm³/mol. The highest BCUT2D eigenvalue weighted by Gasteiger charge is 2.26. The zero-order valence-electron chi connectivity index (χ0n) is 29.6. The molecule has 52 heavy (non-hydrogen) atoms. The maximum Gasteiger partial charge on any atom is 0.319 e. The first-order chi connectivity index (χ1) is 25.4. The number of piperidine rings is 2. The lowest BCUT2D eigenvalue weighted by Crippen LogP contribution is -2.38. The summed E-state index contributed by atoms with van der Waals surface area (Å²) in [5.41, 5.74) is 12.1. The first-order valence-electron chi connectivity index (χ1n) is 18.3. The summed E-state index contributed by atoms with van der Waals surface area (Å²) < 4.78 is 0. The lowest BCUT2D eigenvalue weighted by atomic mass is 9.86. The lowest BCUT2D eigenvalue weighted by Gasteiger charge is -2.33. The third kappa shape index (κ3) is 10.2. The van der Waals surface area contributed by atoms with Gasteiger partial charge >= 0.3 is 6.03 Å². The number of benzene rings is 3. The van der Waals surface area contributed by atoms with Crippen LogP contribution >= 0.6 is 0 Å². The summed E-state index contributed by atoms with van der Waals surface area (Å²) in [6.45, 7) is 5.42. The standard InChI is InChI=1S/C42H47N7O3/c43-37-8-4-7-36(28-37)41(51)49-25-18-33(19-26-49)39-16-15-38(47-42(52)46-21-17-32-6-5-20-44-30-32)29-35(39)14-11-31-9-12-34(13-10-31)40(50)45-22-27-48-23-2-1-3-24-48/h4-10,12-13,15-16,20,28-30,33H,1-3,17-19,21-27,43H2,(H,45,50)(H2,46,47,52). The van der Waals surface area contributed by atoms with Crippen LogP contribution in [-0.2, 0) is 6.42 Å². The van der Waals surface area contributed by atoms with Crippen LogP contribution in [0.4, 0.5) is 16.2 Å². The van der Waals surface area contributed by atoms with Gasteiger partial charge in [-0.25, -0.2) is 4.79 Å². The predicted octanol–water partition coefficient (Wildman–Crippen LogP) is 5.66. The Morgan fingerprint density at radius 3 is 2.37 bits per heavy atom. The zero-order chi connectivity index (χ0) is 36.1. The Hall–Kier alpha value is -5.66. The summed E-state index contributed by atoms with van der Waals surface area (Å²) in [6, 6.07) is 23.9. The summed E-state index contributed by atoms with van der Waals surface area (Å²) >= 11 is 0. The number of anilines is 2. The molecule has 4 amide bonds. The summed E-state index contributed by atoms with van der Waals surface area (Å²) in [5.74, 6) is 6.73. The van der Waals surface area contributed by atoms with E-state index in [1.54, 1.807) is 36.7 Å². The number of nitrogens with zero attached hydrogens (tertiary/aromatic N) is 3. The van der Waals surface area contributed by atoms with Crippen molar-refractivity contribution >= 4 is 29.2 Å². The third-order valence-electron chi connectivity index (χ3n) is 9.74. The van der Waals surface area contributed by atoms with E-state index >= 15 is 0 Å². The smallest absolute Gasteiger partial charge is 0.319 e. The molecule has 2 saturated heterocycles. The fraction of sp³-hybridized carbons (Fsp3) is 0.333. The fourth-order valence-corrected chi connectivity index (χ4v) is 6.84. The molecule has 6 rings (SSSR count). The SMILES string of the molecule is Nc1cccc(C(=O)N2CCC(c3ccc(NC(=O)NCCc4cccnc4)cc3C#Cc3ccc(C(=O)NCCN4CCCCC4)cc3)CC2)c1. The number of nitrogens with two attached hydrogens (primary N) is 1. The van der Waals surface area contributed by atoms with Crippen molar-refractivity contribution in [2.45, 2.75) is 44.4 Å². The molecule has 4 aromatic rings. The largest absolute Gasteiger partial charge is 0.399 e. The minimum absolute atomic E-state index is 0.0148. The van der Waals surface area contributed by atoms with Gasteiger partial charge in [0.1, 0.15) is 0 Å². The summed E-state index contributed by atoms with van der Waals surface area (Å²) in [4.78, 5) is 47.2. The van der Waals surface area contributed by atoms with Crippen LogP contribution in [0.15, 0.2) is 91.3 Å². The molecule has 5 N–H and O–H groups in total. The zero-order valence-corrected chi connectivity index (χ0v) is 29.6. The molecule has 268 valence electrons. The molecule has 0 atom stereocenters. The van der Waals surface area contributed by atoms with E-state index in [0.29, 0.717) is 55.1 Å². The average molecular weight is 698 g/mol. The number of urea groups is 1. The Labute approximate surface area is 306 Å². The van der Waals surface area contributed by atoms with Crippen molar-refractivity contribution in [2.24, 2.45) is 0 Å². The number of pyridine rings is 1. The number of carbonyl (C=O) groups excluding carboxylic acids is 3. The molecule has 1 aromatic heterocycles. The maximum atomic E-state index is 13.2. The monoisotopic (exact) mass is 697 g/mol. The van der Waals surface area contributed by atoms with Crippen molar-refractivity contribution in [3.05, 3.63) is 125 Å². The minimum Gasteiger partial charge on any atom is -0.399 e. The Morgan fingerprint density at radius 1 is 0.808 bits per heavy atom. The molecule has 3 aromatic carbocycles. The van der Waals surface area contributed by atoms with Crippen LogP contribution in [0, 0.1) is 11.8 Å². The second kappa shape index (κ2) is 18.0. The van der Waals surface area contributed by atoms with E-state index in [9.17, 15) is 14.4 Å². The maximum absolute atomic E-state index is 13.2. The van der Waals surface area contributed by atoms with Crippen LogP contribution < -0.4 is 21.7 Å². The first-order valence-corrected chi connectivity index (χ1v) is 18.3. The number of likely N-dealkylation sites (tertiary alicyclic amines) is 2. The first kappa shape index (κ1) is 36.1. The minimum atomic E-state index is -0.297. The van der Waals surface area contributed by atoms with Crippen LogP contribution in [0.25, 0.3) is 0 Å². The molecule has 2 fully saturated rings. The van der Waals surface area contributed by atoms with E-state index in [2.05, 4.69) is 37.7 Å². The van der Waals surface area contributed by atoms with Crippen LogP contribution in [0.1, 0.15) is 81.0 Å². The Morgan fingerprint density at radius 2 is 1.62 bits per heavy atom. The van der Waals surface area contributed by atoms with Crippen molar-refractivity contribution < 1.29 is 14.4 Å². The highest BCUT2D eigenvalue weighted by molar-refractivity contribution is 5.95. The number of rotatable bonds is 10. The second-order valence-corrected chi connectivity index (χ2v) is 13.5. The van der Waals surface area contributed by atoms with E-state index < -0.39 is 0 Å². The van der Waals surface area contributed by atoms with E-state index in [-0.39, 0.29) is 23.8 Å². The molecule has 10 nitrogen and oxygen atoms in total. The number of nitrogen functional groups attached to an aromatic ring is 1. The van der Waals surface area contributed by atoms with Crippen molar-refractivity contribution in [1.29, 1.82) is 0 Å². The third-order valence-corrected chi connectivity index (χ3v) is 9.74. The number of carbonyl (C=O) groups is 3. The quantitative estimate of drug-likeness (QED) is 0.125. The van der Waals surface area contributed by atoms with Crippen LogP contribution in [-0.4, -0.2) is 78.4 Å². The van der Waals surface area contributed by atoms with E-state index in [1.165, 1.54) is 19.3 Å². The number of hydrogen-bond donors (Lipinski definition) is 4. The Balaban J connectivity index is 1.12. The van der Waals surface area contributed by atoms with Gasteiger partial charge in [-0.1, -0.05) is 36.5 Å². The van der Waals surface area contributed by atoms with Crippen molar-refractivity contribution in [1.82, 2.24) is 25.4 Å². The van der Waals surface area contributed by atoms with Crippen molar-refractivity contribution in [3.63, 3.8) is 0 Å². The number of amides is 4. The molecule has 0 saturated carbocycles. The molecule has 3 heterocycles. The highest BCUT2D eigenvalue weighted by Crippen LogP contribution is 2.32. The van der Waals surface area contributed by atoms with Gasteiger partial charge in [-0.3, -0.25) is 14.6 Å². The topological polar surface area (TPSA) is 133 Å². The van der Waals surface area contributed by atoms with Gasteiger partial charge < -0.3 is 31.5 Å². The van der Waals surface area contributed by atoms with Gasteiger partial charge in [-0.05, 0) is 123 Å². The van der Waals surface area contributed by atoms with Gasteiger partial charge in [0.05, 0.1) is 0 Å². The Kier molecular flexibility index (Phi) is 12.5. The van der Waals surface area contributed by atoms with Crippen LogP contribution in [0.3, 0.4) is 0 Å². The van der Waals surface area contributed by atoms with E-state index in [0.717, 1.165) is 54.7 Å². The second-order valence-electron chi connectivity index (χ2n) is 13.5. The van der Waals surface area contributed by atoms with Gasteiger partial charge in [-0.2, -0.15) is 0 Å². The molecule has 10 heteroatoms. The van der Waals surface area contributed by atoms with Crippen molar-refractivity contribution in [3.8, 4) is 11.8 Å². The van der Waals surface area contributed by atoms with Gasteiger partial charge in [0, 0.05) is 78.7 Å². The normalized spacial score (nSPS) is 14.9. The molecule has 0 bridgehead atoms. The lowest BCUT2D eigenvalue weighted by molar-refractivity contribution is 0.0712. The van der Waals surface area contributed by atoms with Crippen LogP contribution in [0.2, 0.25) is 0 Å². The average Bonchev–Trinajstić information content (AvgIpc) is 3.18. The molecule has 0 spiro atoms. The number of nitrogens with one attached hydrogen (secondary N) is 3. The molecule has 0 aliphatic carbocycles. The van der Waals surface area contributed by atoms with Gasteiger partial charge in [-0.15, -0.1) is 0 Å². The fourth-order valence-electron chi connectivity index (χ4n) is 6.84. The molecule has 0 radical (unpaired) electrons. The van der Waals surface area contributed by atoms with Gasteiger partial charge in [0.15, 0.2) is 0 Å². The summed E-state index contributed by atoms with van der Waals surface area (Å²) in [6.07, 6.45) is 9.51. The number of hydrogen-bond acceptors (Lipinski definition) is 6. The Bertz CT molecular complexity index is 1890. The summed E-state index contributed by atoms with van der Waals surface area (Å²) in [5, 5.41) is 8.91. The van der Waals surface area contributed by atoms with E-state index in [4.69, 9.17) is 5.73 Å². The summed E-state index contributed by atoms with van der Waals surface area (Å²) in [7, 11) is 0. The molecular weight excluding hydrogens is 651 g/mol.